The summed E-state index contributed by atoms with van der Waals surface area (Å²) >= 11 is 0. The van der Waals surface area contributed by atoms with Crippen LogP contribution in [0.1, 0.15) is 22.3 Å². The van der Waals surface area contributed by atoms with Gasteiger partial charge in [-0.2, -0.15) is 0 Å². The summed E-state index contributed by atoms with van der Waals surface area (Å²) in [6.45, 7) is 0.684. The molecule has 0 aliphatic carbocycles. The molecule has 2 amide bonds. The maximum Gasteiger partial charge on any atom is 0.255 e. The van der Waals surface area contributed by atoms with Crippen molar-refractivity contribution in [3.05, 3.63) is 120 Å². The molecule has 0 aliphatic rings. The Morgan fingerprint density at radius 3 is 2.11 bits per heavy atom. The van der Waals surface area contributed by atoms with E-state index in [0.717, 1.165) is 24.3 Å². The van der Waals surface area contributed by atoms with Gasteiger partial charge in [0.05, 0.1) is 13.2 Å². The van der Waals surface area contributed by atoms with Gasteiger partial charge in [-0.1, -0.05) is 60.7 Å². The van der Waals surface area contributed by atoms with Crippen LogP contribution in [0.3, 0.4) is 0 Å². The lowest BCUT2D eigenvalue weighted by molar-refractivity contribution is -0.114. The van der Waals surface area contributed by atoms with Crippen molar-refractivity contribution in [3.63, 3.8) is 0 Å². The molecular weight excluding hydrogens is 450 g/mol. The second-order valence-electron chi connectivity index (χ2n) is 8.27. The predicted molar refractivity (Wildman–Crippen MR) is 145 cm³/mol. The fraction of sp³-hybridized carbons (Fsp3) is 0.133. The van der Waals surface area contributed by atoms with Crippen LogP contribution in [0.25, 0.3) is 0 Å². The Labute approximate surface area is 211 Å². The van der Waals surface area contributed by atoms with E-state index in [1.807, 2.05) is 72.8 Å². The molecule has 36 heavy (non-hydrogen) atoms. The van der Waals surface area contributed by atoms with Crippen molar-refractivity contribution in [3.8, 4) is 5.75 Å². The Morgan fingerprint density at radius 2 is 1.33 bits per heavy atom. The minimum Gasteiger partial charge on any atom is -0.494 e. The number of hydrogen-bond donors (Lipinski definition) is 3. The van der Waals surface area contributed by atoms with Gasteiger partial charge in [-0.3, -0.25) is 9.59 Å². The minimum absolute atomic E-state index is 0.0816. The normalized spacial score (nSPS) is 10.3. The summed E-state index contributed by atoms with van der Waals surface area (Å²) in [7, 11) is 0. The third-order valence-electron chi connectivity index (χ3n) is 5.45. The molecule has 0 fully saturated rings. The van der Waals surface area contributed by atoms with Gasteiger partial charge in [0.1, 0.15) is 5.75 Å². The van der Waals surface area contributed by atoms with E-state index in [-0.39, 0.29) is 18.4 Å². The molecule has 0 radical (unpaired) electrons. The number of rotatable bonds is 11. The first-order chi connectivity index (χ1) is 17.7. The third kappa shape index (κ3) is 7.74. The molecular formula is C30H29N3O3. The van der Waals surface area contributed by atoms with Crippen LogP contribution in [0.5, 0.6) is 5.75 Å². The first-order valence-electron chi connectivity index (χ1n) is 11.9. The second kappa shape index (κ2) is 12.8. The van der Waals surface area contributed by atoms with Crippen molar-refractivity contribution in [1.29, 1.82) is 0 Å². The lowest BCUT2D eigenvalue weighted by Gasteiger charge is -2.11. The van der Waals surface area contributed by atoms with Crippen molar-refractivity contribution >= 4 is 28.9 Å². The summed E-state index contributed by atoms with van der Waals surface area (Å²) in [6, 6.07) is 34.0. The number of carbonyl (C=O) groups excluding carboxylic acids is 2. The van der Waals surface area contributed by atoms with Gasteiger partial charge in [-0.25, -0.2) is 0 Å². The van der Waals surface area contributed by atoms with Crippen LogP contribution < -0.4 is 20.7 Å². The summed E-state index contributed by atoms with van der Waals surface area (Å²) in [6.07, 6.45) is 1.87. The summed E-state index contributed by atoms with van der Waals surface area (Å²) in [5.74, 6) is 0.346. The van der Waals surface area contributed by atoms with Crippen LogP contribution >= 0.6 is 0 Å². The number of nitrogens with one attached hydrogen (secondary N) is 3. The molecule has 0 spiro atoms. The molecule has 3 N–H and O–H groups in total. The Morgan fingerprint density at radius 1 is 0.667 bits per heavy atom. The minimum atomic E-state index is -0.187. The van der Waals surface area contributed by atoms with Crippen LogP contribution in [0.4, 0.5) is 17.1 Å². The number of anilines is 3. The zero-order chi connectivity index (χ0) is 25.0. The van der Waals surface area contributed by atoms with Crippen LogP contribution in [0, 0.1) is 0 Å². The first kappa shape index (κ1) is 24.5. The van der Waals surface area contributed by atoms with Crippen LogP contribution in [0.2, 0.25) is 0 Å². The summed E-state index contributed by atoms with van der Waals surface area (Å²) < 4.78 is 5.85. The van der Waals surface area contributed by atoms with E-state index in [0.29, 0.717) is 23.5 Å². The number of hydrogen-bond acceptors (Lipinski definition) is 4. The Hall–Kier alpha value is -4.58. The Balaban J connectivity index is 1.22. The van der Waals surface area contributed by atoms with Gasteiger partial charge in [0, 0.05) is 28.7 Å². The molecule has 0 bridgehead atoms. The zero-order valence-electron chi connectivity index (χ0n) is 19.9. The van der Waals surface area contributed by atoms with E-state index in [2.05, 4.69) is 28.1 Å². The van der Waals surface area contributed by atoms with Crippen molar-refractivity contribution in [2.75, 3.05) is 29.1 Å². The van der Waals surface area contributed by atoms with Gasteiger partial charge in [0.15, 0.2) is 0 Å². The van der Waals surface area contributed by atoms with E-state index in [1.54, 1.807) is 24.3 Å². The highest BCUT2D eigenvalue weighted by Gasteiger charge is 2.07. The molecule has 4 aromatic rings. The molecule has 0 aromatic heterocycles. The average Bonchev–Trinajstić information content (AvgIpc) is 2.91. The van der Waals surface area contributed by atoms with Gasteiger partial charge in [0.25, 0.3) is 5.91 Å². The van der Waals surface area contributed by atoms with Crippen molar-refractivity contribution in [1.82, 2.24) is 0 Å². The fourth-order valence-corrected chi connectivity index (χ4v) is 3.66. The summed E-state index contributed by atoms with van der Waals surface area (Å²) in [5, 5.41) is 8.85. The van der Waals surface area contributed by atoms with E-state index >= 15 is 0 Å². The van der Waals surface area contributed by atoms with Crippen molar-refractivity contribution < 1.29 is 14.3 Å². The predicted octanol–water partition coefficient (Wildman–Crippen LogP) is 6.00. The summed E-state index contributed by atoms with van der Waals surface area (Å²) in [4.78, 5) is 24.8. The molecule has 0 heterocycles. The molecule has 0 atom stereocenters. The standard InChI is InChI=1S/C30H29N3O3/c34-29(22-31-25-15-7-16-26(20-25)33-30(35)24-13-5-2-6-14-24)32-27-17-8-18-28(21-27)36-19-9-12-23-10-3-1-4-11-23/h1-8,10-11,13-18,20-21,31H,9,12,19,22H2,(H,32,34)(H,33,35). The van der Waals surface area contributed by atoms with Gasteiger partial charge < -0.3 is 20.7 Å². The largest absolute Gasteiger partial charge is 0.494 e. The fourth-order valence-electron chi connectivity index (χ4n) is 3.66. The second-order valence-corrected chi connectivity index (χ2v) is 8.27. The van der Waals surface area contributed by atoms with Gasteiger partial charge in [0.2, 0.25) is 5.91 Å². The van der Waals surface area contributed by atoms with Gasteiger partial charge >= 0.3 is 0 Å². The lowest BCUT2D eigenvalue weighted by Crippen LogP contribution is -2.21. The topological polar surface area (TPSA) is 79.5 Å². The molecule has 6 nitrogen and oxygen atoms in total. The van der Waals surface area contributed by atoms with Gasteiger partial charge in [-0.05, 0) is 60.9 Å². The first-order valence-corrected chi connectivity index (χ1v) is 11.9. The van der Waals surface area contributed by atoms with E-state index < -0.39 is 0 Å². The average molecular weight is 480 g/mol. The molecule has 0 saturated heterocycles. The van der Waals surface area contributed by atoms with Crippen molar-refractivity contribution in [2.24, 2.45) is 0 Å². The van der Waals surface area contributed by atoms with Crippen molar-refractivity contribution in [2.45, 2.75) is 12.8 Å². The Kier molecular flexibility index (Phi) is 8.70. The number of ether oxygens (including phenoxy) is 1. The molecule has 0 unspecified atom stereocenters. The van der Waals surface area contributed by atoms with Crippen LogP contribution in [0.15, 0.2) is 109 Å². The molecule has 182 valence electrons. The Bertz CT molecular complexity index is 1280. The van der Waals surface area contributed by atoms with E-state index in [9.17, 15) is 9.59 Å². The highest BCUT2D eigenvalue weighted by atomic mass is 16.5. The number of benzene rings is 4. The highest BCUT2D eigenvalue weighted by molar-refractivity contribution is 6.04. The maximum atomic E-state index is 12.5. The monoisotopic (exact) mass is 479 g/mol. The quantitative estimate of drug-likeness (QED) is 0.231. The molecule has 0 saturated carbocycles. The van der Waals surface area contributed by atoms with Crippen LogP contribution in [-0.2, 0) is 11.2 Å². The molecule has 0 aliphatic heterocycles. The number of carbonyl (C=O) groups is 2. The molecule has 4 rings (SSSR count). The number of amides is 2. The SMILES string of the molecule is O=C(CNc1cccc(NC(=O)c2ccccc2)c1)Nc1cccc(OCCCc2ccccc2)c1. The third-order valence-corrected chi connectivity index (χ3v) is 5.45. The van der Waals surface area contributed by atoms with E-state index in [4.69, 9.17) is 4.74 Å². The smallest absolute Gasteiger partial charge is 0.255 e. The maximum absolute atomic E-state index is 12.5. The lowest BCUT2D eigenvalue weighted by atomic mass is 10.1. The van der Waals surface area contributed by atoms with Gasteiger partial charge in [-0.15, -0.1) is 0 Å². The molecule has 4 aromatic carbocycles. The zero-order valence-corrected chi connectivity index (χ0v) is 19.9. The van der Waals surface area contributed by atoms with E-state index in [1.165, 1.54) is 5.56 Å². The van der Waals surface area contributed by atoms with Crippen LogP contribution in [-0.4, -0.2) is 25.0 Å². The summed E-state index contributed by atoms with van der Waals surface area (Å²) in [5.41, 5.74) is 3.92. The molecule has 6 heteroatoms. The highest BCUT2D eigenvalue weighted by Crippen LogP contribution is 2.19. The number of aryl methyl sites for hydroxylation is 1.